The second kappa shape index (κ2) is 9.94. The molecule has 1 heterocycles. The summed E-state index contributed by atoms with van der Waals surface area (Å²) in [4.78, 5) is 12.2. The van der Waals surface area contributed by atoms with Crippen molar-refractivity contribution >= 4 is 5.91 Å². The van der Waals surface area contributed by atoms with E-state index in [4.69, 9.17) is 14.2 Å². The van der Waals surface area contributed by atoms with Crippen molar-refractivity contribution in [2.45, 2.75) is 31.6 Å². The van der Waals surface area contributed by atoms with Crippen LogP contribution < -0.4 is 10.1 Å². The summed E-state index contributed by atoms with van der Waals surface area (Å²) in [6.07, 6.45) is 1.04. The third kappa shape index (κ3) is 5.86. The molecule has 1 amide bonds. The van der Waals surface area contributed by atoms with Gasteiger partial charge in [0.25, 0.3) is 0 Å². The zero-order valence-electron chi connectivity index (χ0n) is 14.8. The lowest BCUT2D eigenvalue weighted by molar-refractivity contribution is -0.127. The number of para-hydroxylation sites is 1. The predicted octanol–water partition coefficient (Wildman–Crippen LogP) is 2.95. The summed E-state index contributed by atoms with van der Waals surface area (Å²) in [6.45, 7) is 2.02. The number of benzene rings is 2. The third-order valence-corrected chi connectivity index (χ3v) is 4.29. The first-order valence-electron chi connectivity index (χ1n) is 9.02. The molecule has 1 aliphatic heterocycles. The summed E-state index contributed by atoms with van der Waals surface area (Å²) < 4.78 is 17.1. The Kier molecular flexibility index (Phi) is 7.05. The Balaban J connectivity index is 1.42. The van der Waals surface area contributed by atoms with E-state index in [-0.39, 0.29) is 18.1 Å². The van der Waals surface area contributed by atoms with Crippen LogP contribution >= 0.6 is 0 Å². The summed E-state index contributed by atoms with van der Waals surface area (Å²) in [6, 6.07) is 19.4. The lowest BCUT2D eigenvalue weighted by Crippen LogP contribution is -2.50. The second-order valence-electron chi connectivity index (χ2n) is 6.28. The van der Waals surface area contributed by atoms with Gasteiger partial charge in [-0.1, -0.05) is 48.5 Å². The Morgan fingerprint density at radius 1 is 1.08 bits per heavy atom. The van der Waals surface area contributed by atoms with E-state index in [1.807, 2.05) is 60.7 Å². The molecule has 1 aliphatic rings. The summed E-state index contributed by atoms with van der Waals surface area (Å²) in [5, 5.41) is 3.02. The molecule has 0 radical (unpaired) electrons. The van der Waals surface area contributed by atoms with E-state index < -0.39 is 0 Å². The molecule has 2 aromatic carbocycles. The topological polar surface area (TPSA) is 56.8 Å². The predicted molar refractivity (Wildman–Crippen MR) is 98.9 cm³/mol. The number of ether oxygens (including phenoxy) is 3. The first-order valence-corrected chi connectivity index (χ1v) is 9.02. The van der Waals surface area contributed by atoms with Crippen LogP contribution in [0.4, 0.5) is 0 Å². The Labute approximate surface area is 154 Å². The van der Waals surface area contributed by atoms with Crippen molar-refractivity contribution in [2.24, 2.45) is 0 Å². The zero-order chi connectivity index (χ0) is 18.0. The highest BCUT2D eigenvalue weighted by Gasteiger charge is 2.27. The van der Waals surface area contributed by atoms with Gasteiger partial charge < -0.3 is 19.5 Å². The third-order valence-electron chi connectivity index (χ3n) is 4.29. The van der Waals surface area contributed by atoms with Crippen molar-refractivity contribution in [3.8, 4) is 5.75 Å². The number of carbonyl (C=O) groups excluding carboxylic acids is 1. The molecule has 3 rings (SSSR count). The molecule has 1 N–H and O–H groups in total. The van der Waals surface area contributed by atoms with E-state index in [0.717, 1.165) is 17.7 Å². The van der Waals surface area contributed by atoms with Gasteiger partial charge in [-0.2, -0.15) is 0 Å². The van der Waals surface area contributed by atoms with Crippen molar-refractivity contribution < 1.29 is 19.0 Å². The Hall–Kier alpha value is -2.37. The minimum Gasteiger partial charge on any atom is -0.493 e. The van der Waals surface area contributed by atoms with Gasteiger partial charge in [-0.05, 0) is 24.1 Å². The second-order valence-corrected chi connectivity index (χ2v) is 6.28. The molecule has 0 spiro atoms. The number of nitrogens with one attached hydrogen (secondary N) is 1. The summed E-state index contributed by atoms with van der Waals surface area (Å²) in [5.41, 5.74) is 1.13. The maximum atomic E-state index is 12.2. The van der Waals surface area contributed by atoms with E-state index in [1.165, 1.54) is 0 Å². The highest BCUT2D eigenvalue weighted by molar-refractivity contribution is 5.76. The molecule has 5 heteroatoms. The first kappa shape index (κ1) is 18.4. The number of hydrogen-bond donors (Lipinski definition) is 1. The summed E-state index contributed by atoms with van der Waals surface area (Å²) in [5.74, 6) is 0.718. The minimum absolute atomic E-state index is 0.0389. The quantitative estimate of drug-likeness (QED) is 0.791. The van der Waals surface area contributed by atoms with Crippen LogP contribution in [0.1, 0.15) is 18.4 Å². The number of rotatable bonds is 8. The SMILES string of the molecule is O=C(CCOc1ccccc1)N[C@@H]1COCC[C@@H]1OCc1ccccc1. The van der Waals surface area contributed by atoms with Gasteiger partial charge in [-0.25, -0.2) is 0 Å². The van der Waals surface area contributed by atoms with Gasteiger partial charge >= 0.3 is 0 Å². The highest BCUT2D eigenvalue weighted by Crippen LogP contribution is 2.15. The van der Waals surface area contributed by atoms with Crippen LogP contribution in [0.15, 0.2) is 60.7 Å². The van der Waals surface area contributed by atoms with E-state index in [2.05, 4.69) is 5.32 Å². The Morgan fingerprint density at radius 3 is 2.58 bits per heavy atom. The molecule has 2 aromatic rings. The molecule has 0 saturated carbocycles. The molecule has 0 unspecified atom stereocenters. The van der Waals surface area contributed by atoms with E-state index in [1.54, 1.807) is 0 Å². The van der Waals surface area contributed by atoms with E-state index in [0.29, 0.717) is 32.8 Å². The van der Waals surface area contributed by atoms with Gasteiger partial charge in [0.1, 0.15) is 5.75 Å². The highest BCUT2D eigenvalue weighted by atomic mass is 16.5. The van der Waals surface area contributed by atoms with Gasteiger partial charge in [-0.15, -0.1) is 0 Å². The molecule has 138 valence electrons. The molecule has 1 saturated heterocycles. The maximum Gasteiger partial charge on any atom is 0.223 e. The van der Waals surface area contributed by atoms with E-state index in [9.17, 15) is 4.79 Å². The average molecular weight is 355 g/mol. The number of amides is 1. The molecule has 5 nitrogen and oxygen atoms in total. The largest absolute Gasteiger partial charge is 0.493 e. The van der Waals surface area contributed by atoms with Crippen LogP contribution in [-0.4, -0.2) is 37.9 Å². The van der Waals surface area contributed by atoms with Crippen molar-refractivity contribution in [3.05, 3.63) is 66.2 Å². The fourth-order valence-corrected chi connectivity index (χ4v) is 2.89. The van der Waals surface area contributed by atoms with Crippen LogP contribution in [0.3, 0.4) is 0 Å². The Morgan fingerprint density at radius 2 is 1.81 bits per heavy atom. The van der Waals surface area contributed by atoms with Crippen molar-refractivity contribution in [2.75, 3.05) is 19.8 Å². The molecular weight excluding hydrogens is 330 g/mol. The van der Waals surface area contributed by atoms with E-state index >= 15 is 0 Å². The summed E-state index contributed by atoms with van der Waals surface area (Å²) >= 11 is 0. The number of hydrogen-bond acceptors (Lipinski definition) is 4. The average Bonchev–Trinajstić information content (AvgIpc) is 2.69. The molecule has 2 atom stereocenters. The van der Waals surface area contributed by atoms with Crippen molar-refractivity contribution in [1.29, 1.82) is 0 Å². The van der Waals surface area contributed by atoms with Crippen molar-refractivity contribution in [1.82, 2.24) is 5.32 Å². The molecule has 0 aliphatic carbocycles. The molecular formula is C21H25NO4. The zero-order valence-corrected chi connectivity index (χ0v) is 14.8. The molecule has 0 bridgehead atoms. The first-order chi connectivity index (χ1) is 12.8. The Bertz CT molecular complexity index is 662. The summed E-state index contributed by atoms with van der Waals surface area (Å²) in [7, 11) is 0. The number of carbonyl (C=O) groups is 1. The molecule has 26 heavy (non-hydrogen) atoms. The fraction of sp³-hybridized carbons (Fsp3) is 0.381. The van der Waals surface area contributed by atoms with Crippen LogP contribution in [0.25, 0.3) is 0 Å². The molecule has 0 aromatic heterocycles. The van der Waals surface area contributed by atoms with Gasteiger partial charge in [0, 0.05) is 6.61 Å². The standard InChI is InChI=1S/C21H25NO4/c23-21(12-14-25-18-9-5-2-6-10-18)22-19-16-24-13-11-20(19)26-15-17-7-3-1-4-8-17/h1-10,19-20H,11-16H2,(H,22,23)/t19-,20+/m1/s1. The monoisotopic (exact) mass is 355 g/mol. The van der Waals surface area contributed by atoms with Crippen molar-refractivity contribution in [3.63, 3.8) is 0 Å². The normalized spacial score (nSPS) is 19.7. The van der Waals surface area contributed by atoms with Crippen LogP contribution in [-0.2, 0) is 20.9 Å². The lowest BCUT2D eigenvalue weighted by Gasteiger charge is -2.32. The molecule has 1 fully saturated rings. The van der Waals surface area contributed by atoms with Crippen LogP contribution in [0, 0.1) is 0 Å². The van der Waals surface area contributed by atoms with Gasteiger partial charge in [0.2, 0.25) is 5.91 Å². The van der Waals surface area contributed by atoms with Crippen LogP contribution in [0.5, 0.6) is 5.75 Å². The van der Waals surface area contributed by atoms with Gasteiger partial charge in [0.15, 0.2) is 0 Å². The lowest BCUT2D eigenvalue weighted by atomic mass is 10.1. The van der Waals surface area contributed by atoms with Gasteiger partial charge in [-0.3, -0.25) is 4.79 Å². The van der Waals surface area contributed by atoms with Gasteiger partial charge in [0.05, 0.1) is 38.4 Å². The smallest absolute Gasteiger partial charge is 0.223 e. The minimum atomic E-state index is -0.128. The van der Waals surface area contributed by atoms with Crippen LogP contribution in [0.2, 0.25) is 0 Å². The maximum absolute atomic E-state index is 12.2. The fourth-order valence-electron chi connectivity index (χ4n) is 2.89.